The van der Waals surface area contributed by atoms with Gasteiger partial charge in [0.05, 0.1) is 28.4 Å². The van der Waals surface area contributed by atoms with Crippen molar-refractivity contribution in [2.45, 2.75) is 45.1 Å². The third-order valence-electron chi connectivity index (χ3n) is 5.07. The molecule has 9 heteroatoms. The maximum Gasteiger partial charge on any atom is 0.231 e. The SMILES string of the molecule is Cc1nn(-c2ccc(Cl)cc2Cl)c(C)c1Cc1nc(C2(N)CCC2)no1.Cl. The number of nitrogens with zero attached hydrogens (tertiary/aromatic N) is 4. The summed E-state index contributed by atoms with van der Waals surface area (Å²) in [6.07, 6.45) is 3.41. The molecule has 1 aliphatic rings. The van der Waals surface area contributed by atoms with E-state index in [1.807, 2.05) is 24.6 Å². The molecule has 2 aromatic heterocycles. The van der Waals surface area contributed by atoms with Gasteiger partial charge in [-0.05, 0) is 51.3 Å². The summed E-state index contributed by atoms with van der Waals surface area (Å²) in [4.78, 5) is 4.51. The van der Waals surface area contributed by atoms with Crippen LogP contribution in [0.25, 0.3) is 5.69 Å². The summed E-state index contributed by atoms with van der Waals surface area (Å²) in [6, 6.07) is 5.36. The van der Waals surface area contributed by atoms with Crippen LogP contribution in [-0.4, -0.2) is 19.9 Å². The topological polar surface area (TPSA) is 82.8 Å². The van der Waals surface area contributed by atoms with Crippen LogP contribution in [0.1, 0.15) is 47.9 Å². The van der Waals surface area contributed by atoms with Gasteiger partial charge in [-0.3, -0.25) is 0 Å². The highest BCUT2D eigenvalue weighted by molar-refractivity contribution is 6.35. The normalized spacial score (nSPS) is 15.3. The molecule has 2 heterocycles. The molecular formula is C18H20Cl3N5O. The van der Waals surface area contributed by atoms with Crippen LogP contribution in [-0.2, 0) is 12.0 Å². The van der Waals surface area contributed by atoms with Crippen LogP contribution in [0.5, 0.6) is 0 Å². The number of hydrogen-bond donors (Lipinski definition) is 1. The highest BCUT2D eigenvalue weighted by atomic mass is 35.5. The lowest BCUT2D eigenvalue weighted by Gasteiger charge is -2.34. The first-order valence-electron chi connectivity index (χ1n) is 8.50. The van der Waals surface area contributed by atoms with E-state index in [4.69, 9.17) is 33.5 Å². The Morgan fingerprint density at radius 1 is 1.26 bits per heavy atom. The minimum atomic E-state index is -0.424. The Labute approximate surface area is 173 Å². The second-order valence-corrected chi connectivity index (χ2v) is 7.70. The molecule has 0 bridgehead atoms. The molecule has 4 rings (SSSR count). The quantitative estimate of drug-likeness (QED) is 0.660. The van der Waals surface area contributed by atoms with Crippen molar-refractivity contribution in [2.75, 3.05) is 0 Å². The minimum Gasteiger partial charge on any atom is -0.339 e. The molecule has 1 aliphatic carbocycles. The van der Waals surface area contributed by atoms with E-state index in [1.54, 1.807) is 12.1 Å². The van der Waals surface area contributed by atoms with Gasteiger partial charge in [-0.25, -0.2) is 4.68 Å². The summed E-state index contributed by atoms with van der Waals surface area (Å²) in [6.45, 7) is 3.95. The molecule has 0 saturated heterocycles. The molecule has 2 N–H and O–H groups in total. The maximum atomic E-state index is 6.33. The highest BCUT2D eigenvalue weighted by Crippen LogP contribution is 2.37. The summed E-state index contributed by atoms with van der Waals surface area (Å²) in [5, 5.41) is 9.84. The van der Waals surface area contributed by atoms with Crippen LogP contribution in [0.4, 0.5) is 0 Å². The first-order valence-corrected chi connectivity index (χ1v) is 9.25. The van der Waals surface area contributed by atoms with Crippen LogP contribution in [0.15, 0.2) is 22.7 Å². The fourth-order valence-electron chi connectivity index (χ4n) is 3.28. The Kier molecular flexibility index (Phi) is 5.54. The van der Waals surface area contributed by atoms with E-state index in [0.717, 1.165) is 41.9 Å². The van der Waals surface area contributed by atoms with Crippen molar-refractivity contribution < 1.29 is 4.52 Å². The number of aryl methyl sites for hydroxylation is 1. The Bertz CT molecular complexity index is 978. The maximum absolute atomic E-state index is 6.33. The number of nitrogens with two attached hydrogens (primary N) is 1. The second kappa shape index (κ2) is 7.43. The van der Waals surface area contributed by atoms with E-state index >= 15 is 0 Å². The summed E-state index contributed by atoms with van der Waals surface area (Å²) in [7, 11) is 0. The van der Waals surface area contributed by atoms with Crippen LogP contribution in [0.3, 0.4) is 0 Å². The van der Waals surface area contributed by atoms with Crippen molar-refractivity contribution in [3.63, 3.8) is 0 Å². The second-order valence-electron chi connectivity index (χ2n) is 6.86. The lowest BCUT2D eigenvalue weighted by Crippen LogP contribution is -2.44. The monoisotopic (exact) mass is 427 g/mol. The standard InChI is InChI=1S/C18H19Cl2N5O.ClH/c1-10-13(9-16-22-17(24-26-16)18(21)6-3-7-18)11(2)25(23-10)15-5-4-12(19)8-14(15)20;/h4-5,8H,3,6-7,9,21H2,1-2H3;1H. The lowest BCUT2D eigenvalue weighted by molar-refractivity contribution is 0.229. The molecule has 0 amide bonds. The van der Waals surface area contributed by atoms with Crippen molar-refractivity contribution in [1.82, 2.24) is 19.9 Å². The van der Waals surface area contributed by atoms with Crippen molar-refractivity contribution in [1.29, 1.82) is 0 Å². The van der Waals surface area contributed by atoms with E-state index < -0.39 is 5.54 Å². The Morgan fingerprint density at radius 2 is 2.00 bits per heavy atom. The summed E-state index contributed by atoms with van der Waals surface area (Å²) < 4.78 is 7.25. The minimum absolute atomic E-state index is 0. The van der Waals surface area contributed by atoms with E-state index in [2.05, 4.69) is 15.2 Å². The Balaban J connectivity index is 0.00000210. The highest BCUT2D eigenvalue weighted by Gasteiger charge is 2.39. The molecule has 3 aromatic rings. The Morgan fingerprint density at radius 3 is 2.63 bits per heavy atom. The van der Waals surface area contributed by atoms with Gasteiger partial charge in [-0.2, -0.15) is 10.1 Å². The van der Waals surface area contributed by atoms with Gasteiger partial charge >= 0.3 is 0 Å². The van der Waals surface area contributed by atoms with Crippen LogP contribution in [0, 0.1) is 13.8 Å². The third-order valence-corrected chi connectivity index (χ3v) is 5.60. The van der Waals surface area contributed by atoms with Crippen molar-refractivity contribution >= 4 is 35.6 Å². The van der Waals surface area contributed by atoms with Gasteiger partial charge in [0.2, 0.25) is 5.89 Å². The molecule has 0 atom stereocenters. The average molecular weight is 429 g/mol. The number of aromatic nitrogens is 4. The Hall–Kier alpha value is -1.60. The van der Waals surface area contributed by atoms with Gasteiger partial charge in [-0.1, -0.05) is 28.4 Å². The molecule has 1 fully saturated rings. The van der Waals surface area contributed by atoms with E-state index in [9.17, 15) is 0 Å². The van der Waals surface area contributed by atoms with Gasteiger partial charge in [0.1, 0.15) is 0 Å². The van der Waals surface area contributed by atoms with E-state index in [0.29, 0.717) is 28.2 Å². The van der Waals surface area contributed by atoms with Crippen molar-refractivity contribution in [3.8, 4) is 5.69 Å². The van der Waals surface area contributed by atoms with Gasteiger partial charge in [-0.15, -0.1) is 12.4 Å². The molecule has 0 unspecified atom stereocenters. The average Bonchev–Trinajstić information content (AvgIpc) is 3.13. The van der Waals surface area contributed by atoms with Gasteiger partial charge in [0, 0.05) is 16.3 Å². The summed E-state index contributed by atoms with van der Waals surface area (Å²) in [5.74, 6) is 1.15. The molecule has 1 aromatic carbocycles. The summed E-state index contributed by atoms with van der Waals surface area (Å²) >= 11 is 12.3. The molecule has 144 valence electrons. The van der Waals surface area contributed by atoms with Crippen molar-refractivity contribution in [2.24, 2.45) is 5.73 Å². The smallest absolute Gasteiger partial charge is 0.231 e. The molecular weight excluding hydrogens is 409 g/mol. The van der Waals surface area contributed by atoms with Crippen LogP contribution in [0.2, 0.25) is 10.0 Å². The van der Waals surface area contributed by atoms with E-state index in [1.165, 1.54) is 0 Å². The van der Waals surface area contributed by atoms with Crippen LogP contribution >= 0.6 is 35.6 Å². The molecule has 27 heavy (non-hydrogen) atoms. The molecule has 0 spiro atoms. The fraction of sp³-hybridized carbons (Fsp3) is 0.389. The summed E-state index contributed by atoms with van der Waals surface area (Å²) in [5.41, 5.74) is 9.52. The largest absolute Gasteiger partial charge is 0.339 e. The fourth-order valence-corrected chi connectivity index (χ4v) is 3.77. The zero-order chi connectivity index (χ0) is 18.5. The molecule has 0 aliphatic heterocycles. The number of benzene rings is 1. The predicted molar refractivity (Wildman–Crippen MR) is 107 cm³/mol. The molecule has 6 nitrogen and oxygen atoms in total. The van der Waals surface area contributed by atoms with Gasteiger partial charge < -0.3 is 10.3 Å². The van der Waals surface area contributed by atoms with Crippen molar-refractivity contribution in [3.05, 3.63) is 56.9 Å². The molecule has 1 saturated carbocycles. The lowest BCUT2D eigenvalue weighted by atomic mass is 9.77. The number of halogens is 3. The first-order chi connectivity index (χ1) is 12.4. The molecule has 0 radical (unpaired) electrons. The van der Waals surface area contributed by atoms with Crippen LogP contribution < -0.4 is 5.73 Å². The third kappa shape index (κ3) is 3.59. The first kappa shape index (κ1) is 20.1. The van der Waals surface area contributed by atoms with Gasteiger partial charge in [0.15, 0.2) is 5.82 Å². The van der Waals surface area contributed by atoms with Gasteiger partial charge in [0.25, 0.3) is 0 Å². The number of rotatable bonds is 4. The zero-order valence-electron chi connectivity index (χ0n) is 15.0. The number of hydrogen-bond acceptors (Lipinski definition) is 5. The predicted octanol–water partition coefficient (Wildman–Crippen LogP) is 4.53. The van der Waals surface area contributed by atoms with E-state index in [-0.39, 0.29) is 12.4 Å². The zero-order valence-corrected chi connectivity index (χ0v) is 17.3.